The van der Waals surface area contributed by atoms with Crippen LogP contribution in [0.5, 0.6) is 5.75 Å². The van der Waals surface area contributed by atoms with Gasteiger partial charge in [-0.1, -0.05) is 6.92 Å². The molecule has 2 rings (SSSR count). The van der Waals surface area contributed by atoms with Crippen molar-refractivity contribution in [3.8, 4) is 5.75 Å². The van der Waals surface area contributed by atoms with Crippen LogP contribution >= 0.6 is 0 Å². The number of hydrogen-bond acceptors (Lipinski definition) is 7. The van der Waals surface area contributed by atoms with Crippen molar-refractivity contribution in [1.29, 1.82) is 0 Å². The number of carbonyl (C=O) groups is 1. The average Bonchev–Trinajstić information content (AvgIpc) is 2.62. The fourth-order valence-electron chi connectivity index (χ4n) is 2.80. The zero-order chi connectivity index (χ0) is 17.8. The first-order valence-electron chi connectivity index (χ1n) is 7.62. The lowest BCUT2D eigenvalue weighted by molar-refractivity contribution is 0.00253. The van der Waals surface area contributed by atoms with Crippen LogP contribution in [0.4, 0.5) is 4.79 Å². The summed E-state index contributed by atoms with van der Waals surface area (Å²) in [4.78, 5) is 11.9. The second kappa shape index (κ2) is 7.37. The molecule has 0 bridgehead atoms. The molecule has 1 aromatic carbocycles. The topological polar surface area (TPSA) is 105 Å². The predicted octanol–water partition coefficient (Wildman–Crippen LogP) is 1.40. The summed E-state index contributed by atoms with van der Waals surface area (Å²) in [5, 5.41) is 8.74. The molecule has 24 heavy (non-hydrogen) atoms. The van der Waals surface area contributed by atoms with E-state index in [1.54, 1.807) is 0 Å². The Balaban J connectivity index is 2.39. The second-order valence-electron chi connectivity index (χ2n) is 5.53. The summed E-state index contributed by atoms with van der Waals surface area (Å²) in [6, 6.07) is 5.91. The van der Waals surface area contributed by atoms with Gasteiger partial charge in [-0.25, -0.2) is 18.7 Å². The quantitative estimate of drug-likeness (QED) is 0.605. The average molecular weight is 358 g/mol. The van der Waals surface area contributed by atoms with E-state index in [9.17, 15) is 13.2 Å². The minimum atomic E-state index is -3.96. The predicted molar refractivity (Wildman–Crippen MR) is 85.7 cm³/mol. The Hall–Kier alpha value is -1.84. The summed E-state index contributed by atoms with van der Waals surface area (Å²) < 4.78 is 36.4. The van der Waals surface area contributed by atoms with Crippen LogP contribution in [0.25, 0.3) is 0 Å². The number of carbonyl (C=O) groups excluding carboxylic acids is 1. The normalized spacial score (nSPS) is 18.0. The highest BCUT2D eigenvalue weighted by molar-refractivity contribution is 7.92. The van der Waals surface area contributed by atoms with Gasteiger partial charge in [-0.3, -0.25) is 5.21 Å². The molecule has 0 aromatic heterocycles. The number of ether oxygens (including phenoxy) is 2. The van der Waals surface area contributed by atoms with Gasteiger partial charge in [0.05, 0.1) is 12.0 Å². The van der Waals surface area contributed by atoms with Gasteiger partial charge < -0.3 is 14.4 Å². The molecule has 1 aliphatic heterocycles. The fourth-order valence-corrected chi connectivity index (χ4v) is 4.63. The van der Waals surface area contributed by atoms with E-state index in [4.69, 9.17) is 14.7 Å². The van der Waals surface area contributed by atoms with E-state index in [0.29, 0.717) is 18.8 Å². The van der Waals surface area contributed by atoms with Gasteiger partial charge in [-0.2, -0.15) is 0 Å². The van der Waals surface area contributed by atoms with Crippen LogP contribution in [-0.2, 0) is 14.6 Å². The number of methoxy groups -OCH3 is 1. The van der Waals surface area contributed by atoms with E-state index in [0.717, 1.165) is 6.54 Å². The van der Waals surface area contributed by atoms with Crippen LogP contribution in [0.1, 0.15) is 19.8 Å². The molecule has 2 N–H and O–H groups in total. The molecule has 1 aromatic rings. The summed E-state index contributed by atoms with van der Waals surface area (Å²) in [5.41, 5.74) is 1.34. The van der Waals surface area contributed by atoms with Crippen molar-refractivity contribution in [1.82, 2.24) is 10.4 Å². The third-order valence-electron chi connectivity index (χ3n) is 4.29. The summed E-state index contributed by atoms with van der Waals surface area (Å²) in [7, 11) is -2.48. The van der Waals surface area contributed by atoms with Gasteiger partial charge in [-0.15, -0.1) is 0 Å². The maximum Gasteiger partial charge on any atom is 0.432 e. The smallest absolute Gasteiger partial charge is 0.432 e. The van der Waals surface area contributed by atoms with Gasteiger partial charge in [0.1, 0.15) is 5.75 Å². The minimum Gasteiger partial charge on any atom is -0.497 e. The van der Waals surface area contributed by atoms with Crippen molar-refractivity contribution >= 4 is 15.9 Å². The highest BCUT2D eigenvalue weighted by Gasteiger charge is 2.50. The molecule has 0 unspecified atom stereocenters. The first-order chi connectivity index (χ1) is 11.4. The van der Waals surface area contributed by atoms with Crippen molar-refractivity contribution < 1.29 is 27.9 Å². The summed E-state index contributed by atoms with van der Waals surface area (Å²) >= 11 is 0. The number of hydrogen-bond donors (Lipinski definition) is 2. The third-order valence-corrected chi connectivity index (χ3v) is 6.66. The maximum atomic E-state index is 13.1. The molecule has 0 spiro atoms. The standard InChI is InChI=1S/C15H22N2O6S/c1-3-17-10-8-15(9-11-17,23-14(18)16-19)24(20,21)13-6-4-12(22-2)5-7-13/h4-7,19H,3,8-11H2,1-2H3,(H,16,18). The first-order valence-corrected chi connectivity index (χ1v) is 9.11. The molecular formula is C15H22N2O6S. The molecule has 1 saturated heterocycles. The number of piperidine rings is 1. The van der Waals surface area contributed by atoms with Gasteiger partial charge in [0.15, 0.2) is 0 Å². The molecule has 1 heterocycles. The number of rotatable bonds is 5. The van der Waals surface area contributed by atoms with E-state index < -0.39 is 20.9 Å². The van der Waals surface area contributed by atoms with Crippen LogP contribution < -0.4 is 10.2 Å². The lowest BCUT2D eigenvalue weighted by Gasteiger charge is -2.39. The van der Waals surface area contributed by atoms with Gasteiger partial charge in [0.2, 0.25) is 14.8 Å². The number of likely N-dealkylation sites (tertiary alicyclic amines) is 1. The van der Waals surface area contributed by atoms with Crippen molar-refractivity contribution in [3.63, 3.8) is 0 Å². The van der Waals surface area contributed by atoms with Crippen LogP contribution in [0, 0.1) is 0 Å². The molecule has 1 fully saturated rings. The van der Waals surface area contributed by atoms with Crippen LogP contribution in [0.3, 0.4) is 0 Å². The lowest BCUT2D eigenvalue weighted by Crippen LogP contribution is -2.52. The molecule has 9 heteroatoms. The molecule has 0 radical (unpaired) electrons. The SMILES string of the molecule is CCN1CCC(OC(=O)NO)(S(=O)(=O)c2ccc(OC)cc2)CC1. The monoisotopic (exact) mass is 358 g/mol. The second-order valence-corrected chi connectivity index (χ2v) is 7.75. The van der Waals surface area contributed by atoms with Crippen molar-refractivity contribution in [3.05, 3.63) is 24.3 Å². The van der Waals surface area contributed by atoms with Gasteiger partial charge >= 0.3 is 6.09 Å². The van der Waals surface area contributed by atoms with Crippen LogP contribution in [0.2, 0.25) is 0 Å². The highest BCUT2D eigenvalue weighted by atomic mass is 32.2. The Morgan fingerprint density at radius 2 is 1.88 bits per heavy atom. The van der Waals surface area contributed by atoms with Crippen molar-refractivity contribution in [2.24, 2.45) is 0 Å². The summed E-state index contributed by atoms with van der Waals surface area (Å²) in [6.07, 6.45) is -0.928. The molecule has 0 atom stereocenters. The lowest BCUT2D eigenvalue weighted by atomic mass is 10.1. The molecule has 134 valence electrons. The fraction of sp³-hybridized carbons (Fsp3) is 0.533. The molecule has 0 aliphatic carbocycles. The molecule has 0 saturated carbocycles. The Labute approximate surface area is 141 Å². The Bertz CT molecular complexity index is 666. The molecule has 1 aliphatic rings. The molecule has 8 nitrogen and oxygen atoms in total. The number of nitrogens with zero attached hydrogens (tertiary/aromatic N) is 1. The third kappa shape index (κ3) is 3.47. The van der Waals surface area contributed by atoms with Gasteiger partial charge in [0, 0.05) is 25.9 Å². The Morgan fingerprint density at radius 1 is 1.29 bits per heavy atom. The van der Waals surface area contributed by atoms with E-state index >= 15 is 0 Å². The van der Waals surface area contributed by atoms with E-state index in [1.165, 1.54) is 36.9 Å². The van der Waals surface area contributed by atoms with Gasteiger partial charge in [0.25, 0.3) is 0 Å². The number of benzene rings is 1. The van der Waals surface area contributed by atoms with E-state index in [-0.39, 0.29) is 17.7 Å². The van der Waals surface area contributed by atoms with Crippen LogP contribution in [0.15, 0.2) is 29.2 Å². The van der Waals surface area contributed by atoms with Crippen molar-refractivity contribution in [2.75, 3.05) is 26.7 Å². The summed E-state index contributed by atoms with van der Waals surface area (Å²) in [5.74, 6) is 0.526. The molecule has 1 amide bonds. The van der Waals surface area contributed by atoms with Crippen molar-refractivity contribution in [2.45, 2.75) is 29.6 Å². The Kier molecular flexibility index (Phi) is 5.68. The van der Waals surface area contributed by atoms with E-state index in [1.807, 2.05) is 6.92 Å². The molecular weight excluding hydrogens is 336 g/mol. The maximum absolute atomic E-state index is 13.1. The minimum absolute atomic E-state index is 0.0407. The number of amides is 1. The van der Waals surface area contributed by atoms with Gasteiger partial charge in [-0.05, 0) is 30.8 Å². The zero-order valence-corrected chi connectivity index (χ0v) is 14.5. The largest absolute Gasteiger partial charge is 0.497 e. The van der Waals surface area contributed by atoms with Crippen LogP contribution in [-0.4, -0.2) is 56.3 Å². The first kappa shape index (κ1) is 18.5. The highest BCUT2D eigenvalue weighted by Crippen LogP contribution is 2.37. The number of sulfone groups is 1. The van der Waals surface area contributed by atoms with E-state index in [2.05, 4.69) is 4.90 Å². The number of hydroxylamine groups is 1. The Morgan fingerprint density at radius 3 is 2.33 bits per heavy atom. The summed E-state index contributed by atoms with van der Waals surface area (Å²) in [6.45, 7) is 3.71. The zero-order valence-electron chi connectivity index (χ0n) is 13.7. The number of nitrogens with one attached hydrogen (secondary N) is 1.